The summed E-state index contributed by atoms with van der Waals surface area (Å²) < 4.78 is 26.6. The van der Waals surface area contributed by atoms with Crippen LogP contribution in [0.1, 0.15) is 210 Å². The molecule has 58 heavy (non-hydrogen) atoms. The molecule has 0 amide bonds. The van der Waals surface area contributed by atoms with E-state index in [-0.39, 0.29) is 12.2 Å². The molecule has 0 spiro atoms. The predicted molar refractivity (Wildman–Crippen MR) is 245 cm³/mol. The smallest absolute Gasteiger partial charge is 0.307 e. The van der Waals surface area contributed by atoms with Gasteiger partial charge in [0.15, 0.2) is 0 Å². The second-order valence-electron chi connectivity index (χ2n) is 24.8. The number of rotatable bonds is 14. The topological polar surface area (TPSA) is 35.5 Å². The monoisotopic (exact) mass is 819 g/mol. The van der Waals surface area contributed by atoms with Crippen LogP contribution < -0.4 is 0 Å². The molecule has 0 heterocycles. The molecule has 16 atom stereocenters. The molecule has 330 valence electrons. The third-order valence-electron chi connectivity index (χ3n) is 21.0. The average molecular weight is 819 g/mol. The van der Waals surface area contributed by atoms with E-state index in [2.05, 4.69) is 81.4 Å². The van der Waals surface area contributed by atoms with Crippen molar-refractivity contribution in [1.82, 2.24) is 0 Å². The highest BCUT2D eigenvalue weighted by molar-refractivity contribution is 7.33. The van der Waals surface area contributed by atoms with Gasteiger partial charge in [-0.3, -0.25) is 4.57 Å². The maximum absolute atomic E-state index is 13.7. The van der Waals surface area contributed by atoms with Crippen LogP contribution in [0.5, 0.6) is 0 Å². The van der Waals surface area contributed by atoms with Gasteiger partial charge in [-0.15, -0.1) is 0 Å². The molecular weight excluding hydrogens is 728 g/mol. The highest BCUT2D eigenvalue weighted by Crippen LogP contribution is 2.69. The van der Waals surface area contributed by atoms with Gasteiger partial charge in [0.1, 0.15) is 0 Å². The van der Waals surface area contributed by atoms with E-state index < -0.39 is 8.25 Å². The van der Waals surface area contributed by atoms with Crippen molar-refractivity contribution < 1.29 is 13.6 Å². The van der Waals surface area contributed by atoms with Gasteiger partial charge in [-0.1, -0.05) is 131 Å². The first-order valence-electron chi connectivity index (χ1n) is 25.8. The van der Waals surface area contributed by atoms with E-state index in [4.69, 9.17) is 9.05 Å². The van der Waals surface area contributed by atoms with E-state index in [0.29, 0.717) is 21.7 Å². The summed E-state index contributed by atoms with van der Waals surface area (Å²) in [5.74, 6) is 10.3. The highest BCUT2D eigenvalue weighted by Gasteiger charge is 2.61. The van der Waals surface area contributed by atoms with Crippen LogP contribution >= 0.6 is 8.25 Å². The summed E-state index contributed by atoms with van der Waals surface area (Å²) in [4.78, 5) is 0. The predicted octanol–water partition coefficient (Wildman–Crippen LogP) is 16.2. The molecule has 0 aromatic heterocycles. The van der Waals surface area contributed by atoms with Crippen LogP contribution in [0.15, 0.2) is 23.3 Å². The Kier molecular flexibility index (Phi) is 13.2. The normalized spacial score (nSPS) is 46.2. The molecule has 0 saturated heterocycles. The van der Waals surface area contributed by atoms with Crippen molar-refractivity contribution in [2.45, 2.75) is 223 Å². The van der Waals surface area contributed by atoms with Gasteiger partial charge in [0.2, 0.25) is 0 Å². The summed E-state index contributed by atoms with van der Waals surface area (Å²) in [7, 11) is -2.54. The van der Waals surface area contributed by atoms with Gasteiger partial charge >= 0.3 is 8.25 Å². The van der Waals surface area contributed by atoms with Crippen molar-refractivity contribution in [3.63, 3.8) is 0 Å². The van der Waals surface area contributed by atoms with Crippen molar-refractivity contribution in [1.29, 1.82) is 0 Å². The quantitative estimate of drug-likeness (QED) is 0.129. The molecule has 0 bridgehead atoms. The molecule has 0 radical (unpaired) electrons. The largest absolute Gasteiger partial charge is 0.319 e. The van der Waals surface area contributed by atoms with Crippen LogP contribution in [0.3, 0.4) is 0 Å². The average Bonchev–Trinajstić information content (AvgIpc) is 3.71. The van der Waals surface area contributed by atoms with Crippen LogP contribution in [0.2, 0.25) is 0 Å². The van der Waals surface area contributed by atoms with Crippen molar-refractivity contribution in [3.05, 3.63) is 23.3 Å². The second kappa shape index (κ2) is 17.3. The van der Waals surface area contributed by atoms with E-state index in [0.717, 1.165) is 96.7 Å². The molecule has 0 aromatic carbocycles. The SMILES string of the molecule is CC(C)CCC[C@@H](C)[C@H]1CC[C@H]2[C@@H]3CC=C4C[C@@H](O[PH](=O)O[C@H]5CC[C@@]6(C)C(=CC[C@H]7[C@@H]8CC[C@H]([C@H](C)CCCC(C)C)[C@@]8(C)CC[C@@H]76)C5)CC[C@]4(C)[C@H]3CC[C@]12C. The minimum Gasteiger partial charge on any atom is -0.307 e. The van der Waals surface area contributed by atoms with Crippen LogP contribution in [-0.2, 0) is 13.6 Å². The van der Waals surface area contributed by atoms with E-state index in [1.807, 2.05) is 0 Å². The second-order valence-corrected chi connectivity index (χ2v) is 25.8. The molecule has 6 saturated carbocycles. The molecule has 8 aliphatic rings. The molecule has 0 aromatic rings. The van der Waals surface area contributed by atoms with E-state index in [1.54, 1.807) is 11.1 Å². The van der Waals surface area contributed by atoms with E-state index >= 15 is 0 Å². The van der Waals surface area contributed by atoms with E-state index in [1.165, 1.54) is 116 Å². The van der Waals surface area contributed by atoms with Gasteiger partial charge in [0, 0.05) is 0 Å². The summed E-state index contributed by atoms with van der Waals surface area (Å²) in [6.45, 7) is 25.4. The van der Waals surface area contributed by atoms with Gasteiger partial charge in [-0.25, -0.2) is 0 Å². The molecular formula is C54H91O3P. The Labute approximate surface area is 359 Å². The van der Waals surface area contributed by atoms with Crippen LogP contribution in [0, 0.1) is 92.7 Å². The lowest BCUT2D eigenvalue weighted by molar-refractivity contribution is -0.0587. The number of fused-ring (bicyclic) bond motifs is 10. The summed E-state index contributed by atoms with van der Waals surface area (Å²) >= 11 is 0. The lowest BCUT2D eigenvalue weighted by atomic mass is 9.47. The summed E-state index contributed by atoms with van der Waals surface area (Å²) in [6, 6.07) is 0. The highest BCUT2D eigenvalue weighted by atomic mass is 31.1. The molecule has 0 N–H and O–H groups in total. The van der Waals surface area contributed by atoms with Crippen molar-refractivity contribution in [2.75, 3.05) is 0 Å². The van der Waals surface area contributed by atoms with Crippen LogP contribution in [0.4, 0.5) is 0 Å². The fourth-order valence-electron chi connectivity index (χ4n) is 17.8. The molecule has 8 aliphatic carbocycles. The zero-order chi connectivity index (χ0) is 41.2. The molecule has 8 rings (SSSR count). The van der Waals surface area contributed by atoms with Gasteiger partial charge in [0.25, 0.3) is 0 Å². The minimum absolute atomic E-state index is 0.0480. The molecule has 3 nitrogen and oxygen atoms in total. The first-order chi connectivity index (χ1) is 27.6. The Morgan fingerprint density at radius 1 is 0.552 bits per heavy atom. The standard InChI is InChI=1S/C54H91O3P/c1-35(2)13-11-15-37(5)45-21-23-47-43-19-17-39-33-41(25-29-51(39,7)49(43)27-31-53(45,47)9)56-58(55)57-42-26-30-52(8)40(34-42)18-20-44-48-24-22-46(38(6)16-12-14-36(3)4)54(48,10)32-28-50(44)52/h17-18,35-38,41-50,58H,11-16,19-34H2,1-10H3/t37-,38-,41+,42+,43+,44+,45-,46-,47+,48+,49+,50+,51+,52+,53-,54-/m1/s1. The molecule has 4 heteroatoms. The third-order valence-corrected chi connectivity index (χ3v) is 22.1. The van der Waals surface area contributed by atoms with Crippen LogP contribution in [-0.4, -0.2) is 12.2 Å². The fraction of sp³-hybridized carbons (Fsp3) is 0.926. The van der Waals surface area contributed by atoms with Gasteiger partial charge in [-0.05, 0) is 195 Å². The molecule has 0 unspecified atom stereocenters. The summed E-state index contributed by atoms with van der Waals surface area (Å²) in [5.41, 5.74) is 4.92. The summed E-state index contributed by atoms with van der Waals surface area (Å²) in [6.07, 6.45) is 34.3. The zero-order valence-corrected chi connectivity index (χ0v) is 40.5. The molecule has 0 aliphatic heterocycles. The first kappa shape index (κ1) is 44.2. The first-order valence-corrected chi connectivity index (χ1v) is 27.1. The van der Waals surface area contributed by atoms with Crippen molar-refractivity contribution in [3.8, 4) is 0 Å². The Morgan fingerprint density at radius 2 is 0.966 bits per heavy atom. The van der Waals surface area contributed by atoms with Gasteiger partial charge in [-0.2, -0.15) is 0 Å². The zero-order valence-electron chi connectivity index (χ0n) is 39.5. The maximum Gasteiger partial charge on any atom is 0.319 e. The number of hydrogen-bond donors (Lipinski definition) is 0. The van der Waals surface area contributed by atoms with Crippen molar-refractivity contribution in [2.24, 2.45) is 92.7 Å². The molecule has 6 fully saturated rings. The Hall–Kier alpha value is -0.370. The maximum atomic E-state index is 13.7. The third kappa shape index (κ3) is 8.05. The van der Waals surface area contributed by atoms with Gasteiger partial charge < -0.3 is 9.05 Å². The van der Waals surface area contributed by atoms with Gasteiger partial charge in [0.05, 0.1) is 12.2 Å². The van der Waals surface area contributed by atoms with Crippen molar-refractivity contribution >= 4 is 8.25 Å². The van der Waals surface area contributed by atoms with Crippen LogP contribution in [0.25, 0.3) is 0 Å². The lowest BCUT2D eigenvalue weighted by Crippen LogP contribution is -2.51. The Balaban J connectivity index is 0.837. The Bertz CT molecular complexity index is 1420. The van der Waals surface area contributed by atoms with E-state index in [9.17, 15) is 4.57 Å². The number of allylic oxidation sites excluding steroid dienone is 2. The summed E-state index contributed by atoms with van der Waals surface area (Å²) in [5, 5.41) is 0. The fourth-order valence-corrected chi connectivity index (χ4v) is 18.8. The minimum atomic E-state index is -2.54. The Morgan fingerprint density at radius 3 is 1.36 bits per heavy atom. The number of hydrogen-bond acceptors (Lipinski definition) is 3. The lowest BCUT2D eigenvalue weighted by Gasteiger charge is -2.58.